The maximum absolute atomic E-state index is 12.7. The third-order valence-corrected chi connectivity index (χ3v) is 6.69. The van der Waals surface area contributed by atoms with Gasteiger partial charge in [0.2, 0.25) is 5.91 Å². The minimum absolute atomic E-state index is 0.174. The molecular weight excluding hydrogens is 382 g/mol. The second-order valence-electron chi connectivity index (χ2n) is 6.39. The Balaban J connectivity index is 1.81. The molecule has 0 radical (unpaired) electrons. The molecule has 1 aliphatic carbocycles. The summed E-state index contributed by atoms with van der Waals surface area (Å²) in [5.41, 5.74) is 1.58. The molecule has 0 saturated heterocycles. The fraction of sp³-hybridized carbons (Fsp3) is 0.474. The number of esters is 1. The molecule has 8 heteroatoms. The average molecular weight is 406 g/mol. The number of hydrogen-bond acceptors (Lipinski definition) is 7. The van der Waals surface area contributed by atoms with Crippen LogP contribution < -0.4 is 5.32 Å². The van der Waals surface area contributed by atoms with E-state index in [0.29, 0.717) is 15.7 Å². The molecular formula is C19H23N3O3S2. The number of thioether (sulfide) groups is 1. The Kier molecular flexibility index (Phi) is 6.84. The van der Waals surface area contributed by atoms with Gasteiger partial charge in [-0.2, -0.15) is 0 Å². The van der Waals surface area contributed by atoms with Crippen LogP contribution in [0.15, 0.2) is 23.6 Å². The Morgan fingerprint density at radius 1 is 1.19 bits per heavy atom. The largest absolute Gasteiger partial charge is 0.465 e. The zero-order valence-corrected chi connectivity index (χ0v) is 17.1. The molecule has 1 N–H and O–H groups in total. The standard InChI is InChI=1S/C19H23N3O3S2/c1-12(26-19-20-10-7-11-21-19)16(23)22-17-15(18(24)25-2)13-8-5-3-4-6-9-14(13)27-17/h7,10-12H,3-6,8-9H2,1-2H3,(H,22,23). The second-order valence-corrected chi connectivity index (χ2v) is 8.81. The topological polar surface area (TPSA) is 81.2 Å². The van der Waals surface area contributed by atoms with Gasteiger partial charge in [0.25, 0.3) is 0 Å². The van der Waals surface area contributed by atoms with E-state index < -0.39 is 0 Å². The fourth-order valence-electron chi connectivity index (χ4n) is 3.10. The summed E-state index contributed by atoms with van der Waals surface area (Å²) >= 11 is 2.79. The van der Waals surface area contributed by atoms with E-state index in [1.165, 1.54) is 47.9 Å². The molecule has 0 spiro atoms. The molecule has 6 nitrogen and oxygen atoms in total. The van der Waals surface area contributed by atoms with Crippen LogP contribution >= 0.6 is 23.1 Å². The molecule has 1 aliphatic rings. The van der Waals surface area contributed by atoms with Gasteiger partial charge in [0.1, 0.15) is 5.00 Å². The van der Waals surface area contributed by atoms with Crippen molar-refractivity contribution in [1.82, 2.24) is 9.97 Å². The van der Waals surface area contributed by atoms with E-state index in [-0.39, 0.29) is 17.1 Å². The molecule has 0 aliphatic heterocycles. The summed E-state index contributed by atoms with van der Waals surface area (Å²) in [5, 5.41) is 3.71. The Labute approximate surface area is 167 Å². The van der Waals surface area contributed by atoms with Gasteiger partial charge in [-0.25, -0.2) is 14.8 Å². The molecule has 3 rings (SSSR count). The number of methoxy groups -OCH3 is 1. The lowest BCUT2D eigenvalue weighted by molar-refractivity contribution is -0.115. The van der Waals surface area contributed by atoms with Crippen LogP contribution in [0.3, 0.4) is 0 Å². The highest BCUT2D eigenvalue weighted by molar-refractivity contribution is 8.00. The first kappa shape index (κ1) is 19.8. The molecule has 2 aromatic heterocycles. The molecule has 0 saturated carbocycles. The quantitative estimate of drug-likeness (QED) is 0.458. The number of amides is 1. The number of rotatable bonds is 5. The molecule has 144 valence electrons. The lowest BCUT2D eigenvalue weighted by Gasteiger charge is -2.12. The van der Waals surface area contributed by atoms with Gasteiger partial charge in [-0.05, 0) is 44.2 Å². The van der Waals surface area contributed by atoms with E-state index in [1.807, 2.05) is 0 Å². The molecule has 2 heterocycles. The van der Waals surface area contributed by atoms with Crippen molar-refractivity contribution in [2.75, 3.05) is 12.4 Å². The van der Waals surface area contributed by atoms with Gasteiger partial charge >= 0.3 is 5.97 Å². The number of hydrogen-bond donors (Lipinski definition) is 1. The third kappa shape index (κ3) is 4.87. The summed E-state index contributed by atoms with van der Waals surface area (Å²) in [7, 11) is 1.38. The summed E-state index contributed by atoms with van der Waals surface area (Å²) in [4.78, 5) is 34.6. The number of ether oxygens (including phenoxy) is 1. The van der Waals surface area contributed by atoms with Gasteiger partial charge < -0.3 is 10.1 Å². The van der Waals surface area contributed by atoms with Crippen LogP contribution in [0.25, 0.3) is 0 Å². The summed E-state index contributed by atoms with van der Waals surface area (Å²) in [6.07, 6.45) is 9.64. The van der Waals surface area contributed by atoms with Gasteiger partial charge in [0.05, 0.1) is 17.9 Å². The predicted molar refractivity (Wildman–Crippen MR) is 108 cm³/mol. The number of carbonyl (C=O) groups is 2. The van der Waals surface area contributed by atoms with Crippen LogP contribution in [-0.4, -0.2) is 34.2 Å². The normalized spacial score (nSPS) is 15.2. The van der Waals surface area contributed by atoms with Crippen molar-refractivity contribution >= 4 is 40.0 Å². The van der Waals surface area contributed by atoms with Crippen LogP contribution in [0.5, 0.6) is 0 Å². The van der Waals surface area contributed by atoms with Crippen LogP contribution in [0.1, 0.15) is 53.4 Å². The van der Waals surface area contributed by atoms with Gasteiger partial charge in [-0.3, -0.25) is 4.79 Å². The number of aryl methyl sites for hydroxylation is 1. The molecule has 1 atom stereocenters. The van der Waals surface area contributed by atoms with Crippen LogP contribution in [0, 0.1) is 0 Å². The smallest absolute Gasteiger partial charge is 0.341 e. The number of fused-ring (bicyclic) bond motifs is 1. The second kappa shape index (κ2) is 9.32. The van der Waals surface area contributed by atoms with E-state index in [1.54, 1.807) is 25.4 Å². The number of nitrogens with one attached hydrogen (secondary N) is 1. The number of anilines is 1. The van der Waals surface area contributed by atoms with Crippen molar-refractivity contribution in [2.24, 2.45) is 0 Å². The molecule has 0 fully saturated rings. The van der Waals surface area contributed by atoms with Crippen molar-refractivity contribution in [3.8, 4) is 0 Å². The van der Waals surface area contributed by atoms with E-state index >= 15 is 0 Å². The molecule has 2 aromatic rings. The van der Waals surface area contributed by atoms with Crippen LogP contribution in [0.4, 0.5) is 5.00 Å². The van der Waals surface area contributed by atoms with Gasteiger partial charge in [0, 0.05) is 17.3 Å². The summed E-state index contributed by atoms with van der Waals surface area (Å²) in [6.45, 7) is 1.80. The average Bonchev–Trinajstić information content (AvgIpc) is 2.98. The maximum atomic E-state index is 12.7. The Hall–Kier alpha value is -1.93. The van der Waals surface area contributed by atoms with E-state index in [4.69, 9.17) is 4.74 Å². The van der Waals surface area contributed by atoms with Gasteiger partial charge in [0.15, 0.2) is 5.16 Å². The minimum Gasteiger partial charge on any atom is -0.465 e. The van der Waals surface area contributed by atoms with Crippen molar-refractivity contribution in [3.05, 3.63) is 34.5 Å². The van der Waals surface area contributed by atoms with Gasteiger partial charge in [-0.1, -0.05) is 24.6 Å². The van der Waals surface area contributed by atoms with Gasteiger partial charge in [-0.15, -0.1) is 11.3 Å². The third-order valence-electron chi connectivity index (χ3n) is 4.49. The number of aromatic nitrogens is 2. The van der Waals surface area contributed by atoms with Crippen LogP contribution in [-0.2, 0) is 22.4 Å². The highest BCUT2D eigenvalue weighted by Crippen LogP contribution is 2.38. The van der Waals surface area contributed by atoms with Crippen molar-refractivity contribution in [1.29, 1.82) is 0 Å². The highest BCUT2D eigenvalue weighted by Gasteiger charge is 2.27. The van der Waals surface area contributed by atoms with E-state index in [2.05, 4.69) is 15.3 Å². The first-order chi connectivity index (χ1) is 13.1. The van der Waals surface area contributed by atoms with E-state index in [9.17, 15) is 9.59 Å². The minimum atomic E-state index is -0.386. The van der Waals surface area contributed by atoms with Crippen molar-refractivity contribution < 1.29 is 14.3 Å². The molecule has 1 unspecified atom stereocenters. The molecule has 1 amide bonds. The number of nitrogens with zero attached hydrogens (tertiary/aromatic N) is 2. The van der Waals surface area contributed by atoms with Crippen molar-refractivity contribution in [3.63, 3.8) is 0 Å². The highest BCUT2D eigenvalue weighted by atomic mass is 32.2. The maximum Gasteiger partial charge on any atom is 0.341 e. The Bertz CT molecular complexity index is 808. The summed E-state index contributed by atoms with van der Waals surface area (Å²) in [5.74, 6) is -0.554. The van der Waals surface area contributed by atoms with E-state index in [0.717, 1.165) is 31.2 Å². The van der Waals surface area contributed by atoms with Crippen LogP contribution in [0.2, 0.25) is 0 Å². The molecule has 0 aromatic carbocycles. The zero-order valence-electron chi connectivity index (χ0n) is 15.5. The lowest BCUT2D eigenvalue weighted by Crippen LogP contribution is -2.23. The molecule has 27 heavy (non-hydrogen) atoms. The summed E-state index contributed by atoms with van der Waals surface area (Å²) in [6, 6.07) is 1.73. The first-order valence-electron chi connectivity index (χ1n) is 9.07. The number of carbonyl (C=O) groups excluding carboxylic acids is 2. The zero-order chi connectivity index (χ0) is 19.2. The number of thiophene rings is 1. The fourth-order valence-corrected chi connectivity index (χ4v) is 5.10. The van der Waals surface area contributed by atoms with Crippen molar-refractivity contribution in [2.45, 2.75) is 55.9 Å². The monoisotopic (exact) mass is 405 g/mol. The lowest BCUT2D eigenvalue weighted by atomic mass is 9.96. The first-order valence-corrected chi connectivity index (χ1v) is 10.8. The summed E-state index contributed by atoms with van der Waals surface area (Å²) < 4.78 is 5.00. The SMILES string of the molecule is COC(=O)c1c(NC(=O)C(C)Sc2ncccn2)sc2c1CCCCCC2. The molecule has 0 bridgehead atoms. The Morgan fingerprint density at radius 2 is 1.89 bits per heavy atom. The Morgan fingerprint density at radius 3 is 2.59 bits per heavy atom. The predicted octanol–water partition coefficient (Wildman–Crippen LogP) is 4.10.